The van der Waals surface area contributed by atoms with Crippen LogP contribution in [0.3, 0.4) is 0 Å². The second kappa shape index (κ2) is 11.3. The van der Waals surface area contributed by atoms with Gasteiger partial charge in [0.25, 0.3) is 0 Å². The number of benzene rings is 2. The summed E-state index contributed by atoms with van der Waals surface area (Å²) in [7, 11) is 0. The third-order valence-electron chi connectivity index (χ3n) is 12.2. The molecule has 2 aromatic carbocycles. The largest absolute Gasteiger partial charge is 0.0799 e. The average molecular weight is 617 g/mol. The molecule has 0 radical (unpaired) electrons. The van der Waals surface area contributed by atoms with Gasteiger partial charge in [0.2, 0.25) is 0 Å². The fourth-order valence-corrected chi connectivity index (χ4v) is 10.1. The van der Waals surface area contributed by atoms with Crippen molar-refractivity contribution in [2.45, 2.75) is 18.8 Å². The van der Waals surface area contributed by atoms with Gasteiger partial charge >= 0.3 is 0 Å². The number of rotatable bonds is 3. The van der Waals surface area contributed by atoms with E-state index in [1.807, 2.05) is 0 Å². The van der Waals surface area contributed by atoms with Crippen LogP contribution in [0, 0.1) is 41.4 Å². The van der Waals surface area contributed by atoms with E-state index >= 15 is 0 Å². The molecule has 0 saturated heterocycles. The van der Waals surface area contributed by atoms with E-state index in [0.717, 1.165) is 12.8 Å². The van der Waals surface area contributed by atoms with Crippen LogP contribution in [0.4, 0.5) is 0 Å². The molecule has 0 heteroatoms. The van der Waals surface area contributed by atoms with Gasteiger partial charge in [-0.1, -0.05) is 170 Å². The molecule has 0 aromatic heterocycles. The Bertz CT molecular complexity index is 2220. The molecular weight excluding hydrogens is 577 g/mol. The van der Waals surface area contributed by atoms with E-state index in [-0.39, 0.29) is 0 Å². The van der Waals surface area contributed by atoms with Crippen molar-refractivity contribution in [2.75, 3.05) is 0 Å². The smallest absolute Gasteiger partial charge is 0.0134 e. The predicted octanol–water partition coefficient (Wildman–Crippen LogP) is 9.59. The minimum Gasteiger partial charge on any atom is -0.0799 e. The first kappa shape index (κ1) is 28.1. The van der Waals surface area contributed by atoms with Gasteiger partial charge in [0, 0.05) is 35.5 Å². The third kappa shape index (κ3) is 4.35. The van der Waals surface area contributed by atoms with Gasteiger partial charge in [0.1, 0.15) is 0 Å². The minimum absolute atomic E-state index is 0.312. The Morgan fingerprint density at radius 1 is 0.438 bits per heavy atom. The molecule has 0 spiro atoms. The van der Waals surface area contributed by atoms with Gasteiger partial charge in [0.05, 0.1) is 0 Å². The van der Waals surface area contributed by atoms with Crippen LogP contribution in [0.2, 0.25) is 0 Å². The molecule has 48 heavy (non-hydrogen) atoms. The van der Waals surface area contributed by atoms with Crippen molar-refractivity contribution in [1.29, 1.82) is 0 Å². The molecule has 0 aliphatic heterocycles. The maximum absolute atomic E-state index is 2.59. The first-order valence-corrected chi connectivity index (χ1v) is 18.0. The van der Waals surface area contributed by atoms with Crippen LogP contribution in [0.25, 0.3) is 17.2 Å². The SMILES string of the molecule is C1=CC2C=C(C3=CC=C(C4=c5ccccc5=C(C5=Cc6ccccc6C6C=CC=CC56)C5C=CC=CC45)CC3)C3C=CC=CC3C2C=C1. The first-order chi connectivity index (χ1) is 23.8. The Kier molecular flexibility index (Phi) is 6.64. The highest BCUT2D eigenvalue weighted by Gasteiger charge is 2.40. The van der Waals surface area contributed by atoms with Gasteiger partial charge in [-0.2, -0.15) is 0 Å². The Balaban J connectivity index is 1.13. The van der Waals surface area contributed by atoms with Gasteiger partial charge in [0.15, 0.2) is 0 Å². The van der Waals surface area contributed by atoms with Crippen LogP contribution in [-0.2, 0) is 0 Å². The molecular formula is C48H40. The summed E-state index contributed by atoms with van der Waals surface area (Å²) >= 11 is 0. The van der Waals surface area contributed by atoms with Crippen molar-refractivity contribution < 1.29 is 0 Å². The Morgan fingerprint density at radius 2 is 1.02 bits per heavy atom. The lowest BCUT2D eigenvalue weighted by atomic mass is 9.62. The molecule has 0 bridgehead atoms. The van der Waals surface area contributed by atoms with Gasteiger partial charge in [-0.25, -0.2) is 0 Å². The molecule has 2 aromatic rings. The molecule has 0 N–H and O–H groups in total. The summed E-state index contributed by atoms with van der Waals surface area (Å²) in [5.41, 5.74) is 11.9. The van der Waals surface area contributed by atoms with Crippen LogP contribution in [0.1, 0.15) is 29.9 Å². The summed E-state index contributed by atoms with van der Waals surface area (Å²) in [5, 5.41) is 2.83. The van der Waals surface area contributed by atoms with Crippen molar-refractivity contribution in [3.8, 4) is 0 Å². The quantitative estimate of drug-likeness (QED) is 0.322. The zero-order valence-corrected chi connectivity index (χ0v) is 27.2. The van der Waals surface area contributed by atoms with Crippen LogP contribution in [-0.4, -0.2) is 0 Å². The predicted molar refractivity (Wildman–Crippen MR) is 201 cm³/mol. The van der Waals surface area contributed by atoms with E-state index in [1.165, 1.54) is 49.4 Å². The number of allylic oxidation sites excluding steroid dienone is 23. The third-order valence-corrected chi connectivity index (χ3v) is 12.2. The molecule has 0 heterocycles. The van der Waals surface area contributed by atoms with Gasteiger partial charge in [-0.05, 0) is 79.7 Å². The monoisotopic (exact) mass is 616 g/mol. The van der Waals surface area contributed by atoms with Crippen molar-refractivity contribution in [3.63, 3.8) is 0 Å². The fraction of sp³-hybridized carbons (Fsp3) is 0.208. The lowest BCUT2D eigenvalue weighted by molar-refractivity contribution is 0.335. The summed E-state index contributed by atoms with van der Waals surface area (Å²) in [4.78, 5) is 0. The van der Waals surface area contributed by atoms with Crippen molar-refractivity contribution in [2.24, 2.45) is 41.4 Å². The van der Waals surface area contributed by atoms with Gasteiger partial charge < -0.3 is 0 Å². The van der Waals surface area contributed by atoms with Crippen molar-refractivity contribution in [1.82, 2.24) is 0 Å². The van der Waals surface area contributed by atoms with Crippen molar-refractivity contribution in [3.05, 3.63) is 208 Å². The highest BCUT2D eigenvalue weighted by atomic mass is 14.4. The number of hydrogen-bond donors (Lipinski definition) is 0. The minimum atomic E-state index is 0.312. The summed E-state index contributed by atoms with van der Waals surface area (Å²) in [6, 6.07) is 18.3. The second-order valence-electron chi connectivity index (χ2n) is 14.5. The maximum Gasteiger partial charge on any atom is 0.0134 e. The Labute approximate surface area is 284 Å². The standard InChI is InChI=1S/C48H40/c1-3-15-35-33(13-1)29-45(39-19-7-5-17-37(35)39)31-25-27-32(28-26-31)47-41-21-9-11-23-43(41)48(44-24-12-10-22-42(44)47)46-30-34-14-2-4-16-36(34)38-18-6-8-20-40(38)46/h1-25,27,29-30,33,35,37-41,43H,26,28H2. The molecule has 8 aliphatic carbocycles. The number of hydrogen-bond acceptors (Lipinski definition) is 0. The van der Waals surface area contributed by atoms with E-state index in [2.05, 4.69) is 170 Å². The Morgan fingerprint density at radius 3 is 1.81 bits per heavy atom. The zero-order chi connectivity index (χ0) is 31.6. The van der Waals surface area contributed by atoms with Crippen LogP contribution in [0.5, 0.6) is 0 Å². The molecule has 8 atom stereocenters. The van der Waals surface area contributed by atoms with E-state index in [1.54, 1.807) is 5.57 Å². The molecule has 0 saturated carbocycles. The molecule has 0 nitrogen and oxygen atoms in total. The molecule has 10 rings (SSSR count). The van der Waals surface area contributed by atoms with Crippen molar-refractivity contribution >= 4 is 17.2 Å². The van der Waals surface area contributed by atoms with Crippen LogP contribution < -0.4 is 10.4 Å². The highest BCUT2D eigenvalue weighted by Crippen LogP contribution is 2.51. The van der Waals surface area contributed by atoms with Gasteiger partial charge in [-0.15, -0.1) is 0 Å². The zero-order valence-electron chi connectivity index (χ0n) is 27.2. The van der Waals surface area contributed by atoms with E-state index < -0.39 is 0 Å². The highest BCUT2D eigenvalue weighted by molar-refractivity contribution is 5.86. The number of fused-ring (bicyclic) bond motifs is 8. The second-order valence-corrected chi connectivity index (χ2v) is 14.5. The van der Waals surface area contributed by atoms with E-state index in [4.69, 9.17) is 0 Å². The first-order valence-electron chi connectivity index (χ1n) is 18.0. The maximum atomic E-state index is 2.59. The molecule has 0 fully saturated rings. The van der Waals surface area contributed by atoms with Gasteiger partial charge in [-0.3, -0.25) is 0 Å². The topological polar surface area (TPSA) is 0 Å². The summed E-state index contributed by atoms with van der Waals surface area (Å²) < 4.78 is 0. The Hall–Kier alpha value is -4.94. The van der Waals surface area contributed by atoms with E-state index in [0.29, 0.717) is 47.3 Å². The summed E-state index contributed by atoms with van der Waals surface area (Å²) in [6.07, 6.45) is 49.9. The van der Waals surface area contributed by atoms with Crippen LogP contribution in [0.15, 0.2) is 186 Å². The lowest BCUT2D eigenvalue weighted by Crippen LogP contribution is -2.41. The molecule has 0 amide bonds. The fourth-order valence-electron chi connectivity index (χ4n) is 10.1. The molecule has 232 valence electrons. The normalized spacial score (nSPS) is 33.0. The van der Waals surface area contributed by atoms with Crippen LogP contribution >= 0.6 is 0 Å². The lowest BCUT2D eigenvalue weighted by Gasteiger charge is -2.42. The van der Waals surface area contributed by atoms with E-state index in [9.17, 15) is 0 Å². The molecule has 8 unspecified atom stereocenters. The molecule has 8 aliphatic rings. The average Bonchev–Trinajstić information content (AvgIpc) is 3.16. The summed E-state index contributed by atoms with van der Waals surface area (Å²) in [6.45, 7) is 0. The summed E-state index contributed by atoms with van der Waals surface area (Å²) in [5.74, 6) is 3.41.